The van der Waals surface area contributed by atoms with Gasteiger partial charge in [-0.1, -0.05) is 31.7 Å². The molecular formula is C27H30N4O7. The van der Waals surface area contributed by atoms with Crippen LogP contribution in [-0.2, 0) is 9.59 Å². The molecule has 2 saturated heterocycles. The van der Waals surface area contributed by atoms with Crippen molar-refractivity contribution in [3.05, 3.63) is 70.8 Å². The molecule has 6 rings (SSSR count). The van der Waals surface area contributed by atoms with Crippen molar-refractivity contribution in [1.82, 2.24) is 20.9 Å². The van der Waals surface area contributed by atoms with Gasteiger partial charge >= 0.3 is 0 Å². The molecule has 11 nitrogen and oxygen atoms in total. The van der Waals surface area contributed by atoms with E-state index in [2.05, 4.69) is 16.0 Å². The number of rotatable bonds is 3. The van der Waals surface area contributed by atoms with E-state index in [1.54, 1.807) is 48.5 Å². The fourth-order valence-electron chi connectivity index (χ4n) is 4.37. The zero-order valence-electron chi connectivity index (χ0n) is 19.9. The first-order chi connectivity index (χ1) is 17.8. The Morgan fingerprint density at radius 1 is 0.684 bits per heavy atom. The normalized spacial score (nSPS) is 20.7. The second-order valence-electron chi connectivity index (χ2n) is 8.88. The van der Waals surface area contributed by atoms with E-state index in [1.165, 1.54) is 4.90 Å². The van der Waals surface area contributed by atoms with Crippen LogP contribution in [0.15, 0.2) is 48.5 Å². The number of hydrogen-bond acceptors (Lipinski definition) is 7. The lowest BCUT2D eigenvalue weighted by molar-refractivity contribution is -0.120. The maximum Gasteiger partial charge on any atom is 0.261 e. The molecule has 4 aliphatic rings. The van der Waals surface area contributed by atoms with E-state index in [1.807, 2.05) is 0 Å². The number of aliphatic hydroxyl groups excluding tert-OH is 1. The molecule has 38 heavy (non-hydrogen) atoms. The lowest BCUT2D eigenvalue weighted by atomic mass is 10.1. The van der Waals surface area contributed by atoms with Gasteiger partial charge in [-0.15, -0.1) is 0 Å². The third-order valence-corrected chi connectivity index (χ3v) is 6.31. The maximum atomic E-state index is 12.1. The fraction of sp³-hybridized carbons (Fsp3) is 0.333. The van der Waals surface area contributed by atoms with Gasteiger partial charge < -0.3 is 15.7 Å². The van der Waals surface area contributed by atoms with E-state index in [-0.39, 0.29) is 68.1 Å². The average molecular weight is 523 g/mol. The molecule has 2 aromatic carbocycles. The van der Waals surface area contributed by atoms with Crippen LogP contribution >= 0.6 is 0 Å². The summed E-state index contributed by atoms with van der Waals surface area (Å²) in [7, 11) is 0. The monoisotopic (exact) mass is 522 g/mol. The Morgan fingerprint density at radius 3 is 1.47 bits per heavy atom. The Kier molecular flexibility index (Phi) is 9.08. The number of fused-ring (bicyclic) bond motifs is 2. The fourth-order valence-corrected chi connectivity index (χ4v) is 4.37. The van der Waals surface area contributed by atoms with Crippen LogP contribution in [0.3, 0.4) is 0 Å². The first kappa shape index (κ1) is 28.2. The quantitative estimate of drug-likeness (QED) is 0.438. The Bertz CT molecular complexity index is 1210. The van der Waals surface area contributed by atoms with Gasteiger partial charge in [-0.25, -0.2) is 0 Å². The van der Waals surface area contributed by atoms with Crippen LogP contribution < -0.4 is 16.0 Å². The molecule has 4 N–H and O–H groups in total. The molecule has 0 spiro atoms. The number of carbonyl (C=O) groups excluding carboxylic acids is 6. The topological polar surface area (TPSA) is 162 Å². The summed E-state index contributed by atoms with van der Waals surface area (Å²) in [6.07, 6.45) is 2.50. The highest BCUT2D eigenvalue weighted by molar-refractivity contribution is 6.22. The lowest BCUT2D eigenvalue weighted by Crippen LogP contribution is -2.41. The van der Waals surface area contributed by atoms with Crippen LogP contribution in [0.5, 0.6) is 0 Å². The minimum absolute atomic E-state index is 0. The van der Waals surface area contributed by atoms with Crippen LogP contribution in [0, 0.1) is 0 Å². The number of nitrogens with zero attached hydrogens (tertiary/aromatic N) is 1. The van der Waals surface area contributed by atoms with Crippen LogP contribution in [0.2, 0.25) is 0 Å². The minimum atomic E-state index is -0.300. The molecular weight excluding hydrogens is 492 g/mol. The Balaban J connectivity index is 0.000000171. The van der Waals surface area contributed by atoms with Crippen molar-refractivity contribution < 1.29 is 33.9 Å². The summed E-state index contributed by atoms with van der Waals surface area (Å²) in [5, 5.41) is 16.1. The molecule has 2 atom stereocenters. The minimum Gasteiger partial charge on any atom is -0.394 e. The highest BCUT2D eigenvalue weighted by Gasteiger charge is 2.37. The largest absolute Gasteiger partial charge is 0.394 e. The predicted molar refractivity (Wildman–Crippen MR) is 136 cm³/mol. The summed E-state index contributed by atoms with van der Waals surface area (Å²) in [6, 6.07) is 13.4. The van der Waals surface area contributed by atoms with E-state index in [9.17, 15) is 28.8 Å². The molecule has 0 aromatic heterocycles. The van der Waals surface area contributed by atoms with E-state index >= 15 is 0 Å². The van der Waals surface area contributed by atoms with Gasteiger partial charge in [-0.2, -0.15) is 0 Å². The number of amides is 6. The third-order valence-electron chi connectivity index (χ3n) is 6.31. The van der Waals surface area contributed by atoms with Crippen molar-refractivity contribution in [2.75, 3.05) is 13.2 Å². The third kappa shape index (κ3) is 6.12. The lowest BCUT2D eigenvalue weighted by Gasteiger charge is -2.18. The number of imide groups is 2. The summed E-state index contributed by atoms with van der Waals surface area (Å²) < 4.78 is 0. The molecule has 2 aromatic rings. The molecule has 0 saturated carbocycles. The van der Waals surface area contributed by atoms with Gasteiger partial charge in [0, 0.05) is 25.4 Å². The highest BCUT2D eigenvalue weighted by atomic mass is 16.3. The number of benzene rings is 2. The van der Waals surface area contributed by atoms with Gasteiger partial charge in [0.15, 0.2) is 0 Å². The second-order valence-corrected chi connectivity index (χ2v) is 8.88. The van der Waals surface area contributed by atoms with Crippen LogP contribution in [0.25, 0.3) is 0 Å². The molecule has 0 unspecified atom stereocenters. The molecule has 0 aliphatic carbocycles. The number of carbonyl (C=O) groups is 6. The van der Waals surface area contributed by atoms with Gasteiger partial charge in [0.1, 0.15) is 0 Å². The predicted octanol–water partition coefficient (Wildman–Crippen LogP) is 1.02. The molecule has 4 aliphatic heterocycles. The van der Waals surface area contributed by atoms with E-state index < -0.39 is 0 Å². The Morgan fingerprint density at radius 2 is 1.11 bits per heavy atom. The van der Waals surface area contributed by atoms with Gasteiger partial charge in [0.2, 0.25) is 11.8 Å². The first-order valence-corrected chi connectivity index (χ1v) is 11.9. The number of nitrogens with one attached hydrogen (secondary N) is 3. The molecule has 6 amide bonds. The van der Waals surface area contributed by atoms with Crippen LogP contribution in [0.1, 0.15) is 74.5 Å². The number of aliphatic hydroxyl groups is 1. The Hall–Kier alpha value is -4.38. The molecule has 200 valence electrons. The van der Waals surface area contributed by atoms with E-state index in [4.69, 9.17) is 5.11 Å². The first-order valence-electron chi connectivity index (χ1n) is 11.9. The maximum absolute atomic E-state index is 12.1. The standard InChI is InChI=1S/C13H12N2O3.C8H5NO2.C5H9NO2.CH4/c16-11-6-5-8(14-11)7-15-12(17)9-3-1-2-4-10(9)13(15)18;10-7-5-3-1-2-4-6(5)8(11)9-7;7-3-4-1-2-5(8)6-4;/h1-4,8H,5-7H2,(H,14,16);1-4H,(H,9,10,11);4,7H,1-3H2,(H,6,8);1H4/t8-;;4-;/m0.0./s1. The van der Waals surface area contributed by atoms with Crippen LogP contribution in [-0.4, -0.2) is 70.7 Å². The summed E-state index contributed by atoms with van der Waals surface area (Å²) in [5.74, 6) is -1.09. The zero-order chi connectivity index (χ0) is 26.5. The van der Waals surface area contributed by atoms with Crippen molar-refractivity contribution in [1.29, 1.82) is 0 Å². The molecule has 0 bridgehead atoms. The van der Waals surface area contributed by atoms with Crippen molar-refractivity contribution in [3.8, 4) is 0 Å². The van der Waals surface area contributed by atoms with Gasteiger partial charge in [-0.05, 0) is 37.1 Å². The average Bonchev–Trinajstić information content (AvgIpc) is 3.65. The van der Waals surface area contributed by atoms with Gasteiger partial charge in [-0.3, -0.25) is 39.0 Å². The smallest absolute Gasteiger partial charge is 0.261 e. The zero-order valence-corrected chi connectivity index (χ0v) is 19.9. The van der Waals surface area contributed by atoms with Crippen molar-refractivity contribution in [2.24, 2.45) is 0 Å². The van der Waals surface area contributed by atoms with Crippen molar-refractivity contribution in [3.63, 3.8) is 0 Å². The number of hydrogen-bond donors (Lipinski definition) is 4. The van der Waals surface area contributed by atoms with Gasteiger partial charge in [0.25, 0.3) is 23.6 Å². The summed E-state index contributed by atoms with van der Waals surface area (Å²) in [6.45, 7) is 0.337. The molecule has 11 heteroatoms. The van der Waals surface area contributed by atoms with Crippen LogP contribution in [0.4, 0.5) is 0 Å². The molecule has 0 radical (unpaired) electrons. The van der Waals surface area contributed by atoms with E-state index in [0.717, 1.165) is 6.42 Å². The van der Waals surface area contributed by atoms with Gasteiger partial charge in [0.05, 0.1) is 34.9 Å². The SMILES string of the molecule is C.O=C1CC[C@@H](CN2C(=O)c3ccccc3C2=O)N1.O=C1CC[C@@H](CO)N1.O=C1NC(=O)c2ccccc21. The molecule has 4 heterocycles. The second kappa shape index (κ2) is 12.2. The Labute approximate surface area is 219 Å². The van der Waals surface area contributed by atoms with Crippen molar-refractivity contribution in [2.45, 2.75) is 45.2 Å². The summed E-state index contributed by atoms with van der Waals surface area (Å²) >= 11 is 0. The van der Waals surface area contributed by atoms with Crippen molar-refractivity contribution >= 4 is 35.4 Å². The highest BCUT2D eigenvalue weighted by Crippen LogP contribution is 2.23. The van der Waals surface area contributed by atoms with E-state index in [0.29, 0.717) is 41.5 Å². The summed E-state index contributed by atoms with van der Waals surface area (Å²) in [4.78, 5) is 68.7. The summed E-state index contributed by atoms with van der Waals surface area (Å²) in [5.41, 5.74) is 1.84. The molecule has 2 fully saturated rings.